The monoisotopic (exact) mass is 762 g/mol. The van der Waals surface area contributed by atoms with Crippen LogP contribution in [0, 0.1) is 11.6 Å². The topological polar surface area (TPSA) is 180 Å². The lowest BCUT2D eigenvalue weighted by Gasteiger charge is -2.27. The minimum absolute atomic E-state index is 0.0246. The number of phosphoric acid groups is 1. The van der Waals surface area contributed by atoms with Crippen LogP contribution in [0.15, 0.2) is 30.6 Å². The maximum absolute atomic E-state index is 14.5. The summed E-state index contributed by atoms with van der Waals surface area (Å²) >= 11 is 5.70. The van der Waals surface area contributed by atoms with Crippen LogP contribution >= 0.6 is 19.4 Å². The molecule has 6 atom stereocenters. The Bertz CT molecular complexity index is 1590. The zero-order valence-corrected chi connectivity index (χ0v) is 30.7. The van der Waals surface area contributed by atoms with Gasteiger partial charge in [-0.3, -0.25) is 9.05 Å². The molecule has 1 unspecified atom stereocenters. The van der Waals surface area contributed by atoms with Crippen LogP contribution in [0.1, 0.15) is 89.3 Å². The van der Waals surface area contributed by atoms with E-state index in [-0.39, 0.29) is 24.6 Å². The molecule has 51 heavy (non-hydrogen) atoms. The third-order valence-electron chi connectivity index (χ3n) is 9.02. The smallest absolute Gasteiger partial charge is 0.387 e. The highest BCUT2D eigenvalue weighted by molar-refractivity contribution is 7.47. The van der Waals surface area contributed by atoms with Gasteiger partial charge in [0.15, 0.2) is 5.82 Å². The molecule has 0 bridgehead atoms. The molecule has 17 heteroatoms. The molecule has 0 spiro atoms. The van der Waals surface area contributed by atoms with Crippen molar-refractivity contribution in [3.05, 3.63) is 58.5 Å². The van der Waals surface area contributed by atoms with Gasteiger partial charge in [0, 0.05) is 12.2 Å². The summed E-state index contributed by atoms with van der Waals surface area (Å²) in [7, 11) is -4.78. The van der Waals surface area contributed by atoms with Gasteiger partial charge in [0.2, 0.25) is 0 Å². The largest absolute Gasteiger partial charge is 0.472 e. The van der Waals surface area contributed by atoms with Gasteiger partial charge in [-0.05, 0) is 31.5 Å². The van der Waals surface area contributed by atoms with Crippen LogP contribution in [0.4, 0.5) is 14.6 Å². The Hall–Kier alpha value is -2.30. The number of hydrogen-bond donors (Lipinski definition) is 4. The molecule has 0 amide bonds. The Morgan fingerprint density at radius 2 is 1.73 bits per heavy atom. The minimum Gasteiger partial charge on any atom is -0.387 e. The Morgan fingerprint density at radius 3 is 2.43 bits per heavy atom. The Kier molecular flexibility index (Phi) is 16.0. The van der Waals surface area contributed by atoms with Crippen molar-refractivity contribution in [1.29, 1.82) is 0 Å². The molecule has 286 valence electrons. The molecule has 2 aromatic heterocycles. The molecule has 3 heterocycles. The van der Waals surface area contributed by atoms with E-state index in [0.29, 0.717) is 17.8 Å². The summed E-state index contributed by atoms with van der Waals surface area (Å²) in [5.41, 5.74) is 5.22. The number of aliphatic hydroxyl groups is 2. The number of aliphatic hydroxyl groups excluding tert-OH is 2. The third-order valence-corrected chi connectivity index (χ3v) is 10.3. The lowest BCUT2D eigenvalue weighted by atomic mass is 9.93. The van der Waals surface area contributed by atoms with E-state index in [1.165, 1.54) is 62.4 Å². The summed E-state index contributed by atoms with van der Waals surface area (Å²) in [5, 5.41) is 25.2. The molecular weight excluding hydrogens is 713 g/mol. The second-order valence-electron chi connectivity index (χ2n) is 12.9. The van der Waals surface area contributed by atoms with E-state index in [2.05, 4.69) is 17.0 Å². The number of benzene rings is 1. The predicted octanol–water partition coefficient (Wildman–Crippen LogP) is 6.24. The summed E-state index contributed by atoms with van der Waals surface area (Å²) in [5.74, 6) is -1.70. The first kappa shape index (κ1) is 41.5. The number of ether oxygens (including phenoxy) is 3. The fourth-order valence-corrected chi connectivity index (χ4v) is 6.92. The van der Waals surface area contributed by atoms with Crippen molar-refractivity contribution >= 4 is 30.8 Å². The summed E-state index contributed by atoms with van der Waals surface area (Å²) in [6, 6.07) is 5.45. The molecule has 0 saturated carbocycles. The van der Waals surface area contributed by atoms with Crippen LogP contribution in [0.5, 0.6) is 0 Å². The highest BCUT2D eigenvalue weighted by Crippen LogP contribution is 2.46. The summed E-state index contributed by atoms with van der Waals surface area (Å²) in [6.45, 7) is 2.63. The number of rotatable bonds is 23. The maximum Gasteiger partial charge on any atom is 0.472 e. The molecule has 4 rings (SSSR count). The molecule has 1 aliphatic heterocycles. The van der Waals surface area contributed by atoms with Crippen molar-refractivity contribution in [2.24, 2.45) is 0 Å². The van der Waals surface area contributed by atoms with Gasteiger partial charge < -0.3 is 35.1 Å². The fraction of sp³-hybridized carbons (Fsp3) is 0.647. The average molecular weight is 763 g/mol. The molecule has 13 nitrogen and oxygen atoms in total. The molecule has 1 aliphatic rings. The van der Waals surface area contributed by atoms with Gasteiger partial charge in [0.05, 0.1) is 32.1 Å². The van der Waals surface area contributed by atoms with Gasteiger partial charge in [-0.25, -0.2) is 22.8 Å². The van der Waals surface area contributed by atoms with Crippen molar-refractivity contribution in [3.8, 4) is 0 Å². The Balaban J connectivity index is 1.28. The first-order valence-electron chi connectivity index (χ1n) is 17.4. The van der Waals surface area contributed by atoms with Gasteiger partial charge >= 0.3 is 7.82 Å². The summed E-state index contributed by atoms with van der Waals surface area (Å²) in [4.78, 5) is 14.4. The first-order chi connectivity index (χ1) is 24.4. The number of aromatic nitrogens is 3. The van der Waals surface area contributed by atoms with Crippen LogP contribution in [0.25, 0.3) is 5.52 Å². The number of nitrogens with zero attached hydrogens (tertiary/aromatic N) is 3. The van der Waals surface area contributed by atoms with E-state index in [4.69, 9.17) is 40.6 Å². The van der Waals surface area contributed by atoms with Gasteiger partial charge in [-0.15, -0.1) is 0 Å². The van der Waals surface area contributed by atoms with E-state index < -0.39 is 67.7 Å². The van der Waals surface area contributed by atoms with Crippen LogP contribution in [-0.2, 0) is 40.0 Å². The lowest BCUT2D eigenvalue weighted by Crippen LogP contribution is -2.39. The molecular formula is C34H50ClF2N4O9P. The number of nitrogens with two attached hydrogens (primary N) is 1. The molecule has 0 radical (unpaired) electrons. The third kappa shape index (κ3) is 11.3. The van der Waals surface area contributed by atoms with Crippen LogP contribution in [-0.4, -0.2) is 80.5 Å². The van der Waals surface area contributed by atoms with Crippen molar-refractivity contribution in [2.45, 2.75) is 115 Å². The second kappa shape index (κ2) is 19.7. The molecule has 5 N–H and O–H groups in total. The molecule has 3 aromatic rings. The SMILES string of the molecule is CCCCCCCCCCCCOC[C@H](COP(=O)(O)OC[C@H]1O[C@@](C)(c2ccc3c(N)ncnn23)[C@H](O)[C@@H]1O)OCc1ccc(F)c(Cl)c1F. The highest BCUT2D eigenvalue weighted by atomic mass is 35.5. The molecule has 0 aliphatic carbocycles. The van der Waals surface area contributed by atoms with E-state index >= 15 is 0 Å². The minimum atomic E-state index is -4.78. The lowest BCUT2D eigenvalue weighted by molar-refractivity contribution is -0.0901. The normalized spacial score (nSPS) is 22.5. The van der Waals surface area contributed by atoms with Crippen molar-refractivity contribution < 1.29 is 51.7 Å². The highest BCUT2D eigenvalue weighted by Gasteiger charge is 2.54. The number of phosphoric ester groups is 1. The van der Waals surface area contributed by atoms with E-state index in [0.717, 1.165) is 31.7 Å². The number of halogens is 3. The standard InChI is InChI=1S/C34H50ClF2N4O9P/c1-3-4-5-6-7-8-9-10-11-12-17-46-19-24(47-18-23-13-14-25(36)29(35)30(23)37)20-48-51(44,45)49-21-27-31(42)32(43)34(2,50-27)28-16-15-26-33(38)39-22-40-41(26)28/h13-16,22,24,27,31-32,42-43H,3-12,17-21H2,1-2H3,(H,44,45)(H2,38,39,40)/t24-,27-,31-,32-,34+/m1/s1. The Morgan fingerprint density at radius 1 is 1.04 bits per heavy atom. The average Bonchev–Trinajstić information content (AvgIpc) is 3.65. The van der Waals surface area contributed by atoms with Gasteiger partial charge in [-0.1, -0.05) is 82.4 Å². The Labute approximate surface area is 302 Å². The first-order valence-corrected chi connectivity index (χ1v) is 19.3. The number of anilines is 1. The molecule has 1 fully saturated rings. The maximum atomic E-state index is 14.5. The zero-order chi connectivity index (χ0) is 37.0. The number of fused-ring (bicyclic) bond motifs is 1. The van der Waals surface area contributed by atoms with E-state index in [1.54, 1.807) is 12.1 Å². The van der Waals surface area contributed by atoms with Crippen molar-refractivity contribution in [1.82, 2.24) is 14.6 Å². The van der Waals surface area contributed by atoms with E-state index in [9.17, 15) is 28.5 Å². The fourth-order valence-electron chi connectivity index (χ4n) is 5.97. The number of hydrogen-bond acceptors (Lipinski definition) is 11. The van der Waals surface area contributed by atoms with E-state index in [1.807, 2.05) is 0 Å². The predicted molar refractivity (Wildman–Crippen MR) is 186 cm³/mol. The van der Waals surface area contributed by atoms with Crippen molar-refractivity contribution in [2.75, 3.05) is 32.2 Å². The second-order valence-corrected chi connectivity index (χ2v) is 14.8. The summed E-state index contributed by atoms with van der Waals surface area (Å²) in [6.07, 6.45) is 7.68. The summed E-state index contributed by atoms with van der Waals surface area (Å²) < 4.78 is 70.3. The van der Waals surface area contributed by atoms with Gasteiger partial charge in [0.25, 0.3) is 0 Å². The zero-order valence-electron chi connectivity index (χ0n) is 29.1. The van der Waals surface area contributed by atoms with Gasteiger partial charge in [0.1, 0.15) is 58.5 Å². The molecule has 1 aromatic carbocycles. The van der Waals surface area contributed by atoms with Crippen LogP contribution in [0.3, 0.4) is 0 Å². The van der Waals surface area contributed by atoms with Gasteiger partial charge in [-0.2, -0.15) is 5.10 Å². The van der Waals surface area contributed by atoms with Crippen LogP contribution < -0.4 is 5.73 Å². The quantitative estimate of drug-likeness (QED) is 0.0487. The van der Waals surface area contributed by atoms with Crippen LogP contribution in [0.2, 0.25) is 5.02 Å². The number of unbranched alkanes of at least 4 members (excludes halogenated alkanes) is 9. The molecule has 1 saturated heterocycles. The van der Waals surface area contributed by atoms with Crippen molar-refractivity contribution in [3.63, 3.8) is 0 Å². The number of nitrogen functional groups attached to an aromatic ring is 1.